The van der Waals surface area contributed by atoms with Gasteiger partial charge in [0.25, 0.3) is 5.79 Å². The van der Waals surface area contributed by atoms with Crippen LogP contribution in [0.25, 0.3) is 0 Å². The first-order chi connectivity index (χ1) is 8.88. The molecule has 0 saturated carbocycles. The largest absolute Gasteiger partial charge is 0.496 e. The molecule has 0 unspecified atom stereocenters. The molecule has 0 N–H and O–H groups in total. The third-order valence-corrected chi connectivity index (χ3v) is 3.51. The van der Waals surface area contributed by atoms with Crippen molar-refractivity contribution in [1.29, 1.82) is 0 Å². The predicted octanol–water partition coefficient (Wildman–Crippen LogP) is 3.02. The second-order valence-electron chi connectivity index (χ2n) is 5.23. The van der Waals surface area contributed by atoms with Crippen LogP contribution in [0.5, 0.6) is 5.75 Å². The van der Waals surface area contributed by atoms with E-state index in [-0.39, 0.29) is 0 Å². The molecule has 0 aromatic heterocycles. The summed E-state index contributed by atoms with van der Waals surface area (Å²) in [6.07, 6.45) is 0. The summed E-state index contributed by atoms with van der Waals surface area (Å²) in [5.41, 5.74) is 4.08. The average molecular weight is 278 g/mol. The molecule has 0 bridgehead atoms. The van der Waals surface area contributed by atoms with Gasteiger partial charge in [-0.1, -0.05) is 31.8 Å². The molecule has 0 aliphatic carbocycles. The van der Waals surface area contributed by atoms with Crippen molar-refractivity contribution in [3.8, 4) is 17.2 Å². The van der Waals surface area contributed by atoms with Crippen LogP contribution in [0.15, 0.2) is 24.3 Å². The molecular weight excluding hydrogens is 256 g/mol. The molecule has 0 saturated heterocycles. The molecular formula is C15H22O3Si. The summed E-state index contributed by atoms with van der Waals surface area (Å²) in [5, 5.41) is 0. The second-order valence-corrected chi connectivity index (χ2v) is 9.98. The number of ether oxygens (including phenoxy) is 3. The van der Waals surface area contributed by atoms with E-state index in [1.165, 1.54) is 0 Å². The van der Waals surface area contributed by atoms with E-state index < -0.39 is 13.9 Å². The molecule has 1 rings (SSSR count). The summed E-state index contributed by atoms with van der Waals surface area (Å²) in [6, 6.07) is 7.61. The van der Waals surface area contributed by atoms with Gasteiger partial charge in [0, 0.05) is 14.2 Å². The van der Waals surface area contributed by atoms with Crippen LogP contribution in [0.1, 0.15) is 5.56 Å². The number of rotatable bonds is 4. The monoisotopic (exact) mass is 278 g/mol. The normalized spacial score (nSPS) is 11.7. The van der Waals surface area contributed by atoms with Crippen molar-refractivity contribution in [1.82, 2.24) is 0 Å². The van der Waals surface area contributed by atoms with E-state index in [9.17, 15) is 0 Å². The number of benzene rings is 1. The molecule has 0 amide bonds. The van der Waals surface area contributed by atoms with E-state index in [0.29, 0.717) is 5.75 Å². The maximum Gasteiger partial charge on any atom is 0.263 e. The molecule has 0 atom stereocenters. The number of para-hydroxylation sites is 1. The maximum absolute atomic E-state index is 5.56. The maximum atomic E-state index is 5.56. The Morgan fingerprint density at radius 3 is 2.05 bits per heavy atom. The average Bonchev–Trinajstić information content (AvgIpc) is 2.40. The van der Waals surface area contributed by atoms with E-state index in [1.54, 1.807) is 21.3 Å². The fraction of sp³-hybridized carbons (Fsp3) is 0.467. The van der Waals surface area contributed by atoms with Crippen LogP contribution in [0.2, 0.25) is 19.6 Å². The Bertz CT molecular complexity index is 476. The highest BCUT2D eigenvalue weighted by Crippen LogP contribution is 2.33. The highest BCUT2D eigenvalue weighted by Gasteiger charge is 2.33. The van der Waals surface area contributed by atoms with Crippen molar-refractivity contribution in [2.75, 3.05) is 21.3 Å². The van der Waals surface area contributed by atoms with Crippen LogP contribution in [0.3, 0.4) is 0 Å². The smallest absolute Gasteiger partial charge is 0.263 e. The Balaban J connectivity index is 3.36. The SMILES string of the molecule is COc1ccccc1C(C#C[Si](C)(C)C)(OC)OC. The van der Waals surface area contributed by atoms with Gasteiger partial charge in [0.2, 0.25) is 0 Å². The number of methoxy groups -OCH3 is 3. The quantitative estimate of drug-likeness (QED) is 0.481. The molecule has 0 radical (unpaired) electrons. The molecule has 104 valence electrons. The van der Waals surface area contributed by atoms with Gasteiger partial charge in [0.15, 0.2) is 0 Å². The number of hydrogen-bond acceptors (Lipinski definition) is 3. The van der Waals surface area contributed by atoms with E-state index in [2.05, 4.69) is 31.1 Å². The van der Waals surface area contributed by atoms with Gasteiger partial charge in [-0.05, 0) is 18.1 Å². The van der Waals surface area contributed by atoms with Gasteiger partial charge in [-0.15, -0.1) is 5.54 Å². The van der Waals surface area contributed by atoms with Gasteiger partial charge in [0.05, 0.1) is 12.7 Å². The summed E-state index contributed by atoms with van der Waals surface area (Å²) in [7, 11) is 3.29. The molecule has 0 spiro atoms. The lowest BCUT2D eigenvalue weighted by Crippen LogP contribution is -2.31. The van der Waals surface area contributed by atoms with E-state index in [0.717, 1.165) is 5.56 Å². The Hall–Kier alpha value is -1.28. The van der Waals surface area contributed by atoms with Gasteiger partial charge < -0.3 is 14.2 Å². The Morgan fingerprint density at radius 2 is 1.58 bits per heavy atom. The third kappa shape index (κ3) is 3.84. The Kier molecular flexibility index (Phi) is 5.18. The van der Waals surface area contributed by atoms with Gasteiger partial charge in [-0.3, -0.25) is 0 Å². The third-order valence-electron chi connectivity index (χ3n) is 2.64. The molecule has 4 heteroatoms. The second kappa shape index (κ2) is 6.24. The minimum absolute atomic E-state index is 0.705. The lowest BCUT2D eigenvalue weighted by atomic mass is 10.1. The highest BCUT2D eigenvalue weighted by atomic mass is 28.3. The summed E-state index contributed by atoms with van der Waals surface area (Å²) >= 11 is 0. The van der Waals surface area contributed by atoms with Crippen LogP contribution in [-0.4, -0.2) is 29.4 Å². The van der Waals surface area contributed by atoms with Gasteiger partial charge in [-0.25, -0.2) is 0 Å². The molecule has 0 heterocycles. The molecule has 0 fully saturated rings. The number of hydrogen-bond donors (Lipinski definition) is 0. The Morgan fingerprint density at radius 1 is 1.00 bits per heavy atom. The summed E-state index contributed by atoms with van der Waals surface area (Å²) in [5.74, 6) is 2.78. The topological polar surface area (TPSA) is 27.7 Å². The van der Waals surface area contributed by atoms with E-state index in [4.69, 9.17) is 14.2 Å². The Labute approximate surface area is 116 Å². The van der Waals surface area contributed by atoms with Gasteiger partial charge in [0.1, 0.15) is 13.8 Å². The minimum atomic E-state index is -1.52. The molecule has 0 aliphatic heterocycles. The lowest BCUT2D eigenvalue weighted by Gasteiger charge is -2.27. The van der Waals surface area contributed by atoms with Crippen molar-refractivity contribution in [3.63, 3.8) is 0 Å². The molecule has 1 aromatic rings. The van der Waals surface area contributed by atoms with Gasteiger partial charge in [-0.2, -0.15) is 0 Å². The highest BCUT2D eigenvalue weighted by molar-refractivity contribution is 6.83. The summed E-state index contributed by atoms with van der Waals surface area (Å²) < 4.78 is 16.5. The van der Waals surface area contributed by atoms with Crippen LogP contribution in [0, 0.1) is 11.5 Å². The predicted molar refractivity (Wildman–Crippen MR) is 79.8 cm³/mol. The molecule has 19 heavy (non-hydrogen) atoms. The van der Waals surface area contributed by atoms with E-state index in [1.807, 2.05) is 24.3 Å². The van der Waals surface area contributed by atoms with Crippen LogP contribution >= 0.6 is 0 Å². The zero-order valence-corrected chi connectivity index (χ0v) is 13.5. The van der Waals surface area contributed by atoms with Crippen molar-refractivity contribution in [2.24, 2.45) is 0 Å². The zero-order valence-electron chi connectivity index (χ0n) is 12.5. The molecule has 0 aliphatic rings. The van der Waals surface area contributed by atoms with E-state index >= 15 is 0 Å². The first-order valence-corrected chi connectivity index (χ1v) is 9.66. The fourth-order valence-electron chi connectivity index (χ4n) is 1.66. The summed E-state index contributed by atoms with van der Waals surface area (Å²) in [4.78, 5) is 0. The van der Waals surface area contributed by atoms with Crippen LogP contribution < -0.4 is 4.74 Å². The van der Waals surface area contributed by atoms with Crippen molar-refractivity contribution in [2.45, 2.75) is 25.4 Å². The first-order valence-electron chi connectivity index (χ1n) is 6.16. The zero-order chi connectivity index (χ0) is 14.5. The molecule has 1 aromatic carbocycles. The van der Waals surface area contributed by atoms with Crippen molar-refractivity contribution < 1.29 is 14.2 Å². The standard InChI is InChI=1S/C15H22O3Si/c1-16-14-10-8-7-9-13(14)15(17-2,18-3)11-12-19(4,5)6/h7-10H,1-6H3. The van der Waals surface area contributed by atoms with Crippen molar-refractivity contribution >= 4 is 8.07 Å². The minimum Gasteiger partial charge on any atom is -0.496 e. The fourth-order valence-corrected chi connectivity index (χ4v) is 2.20. The van der Waals surface area contributed by atoms with Gasteiger partial charge >= 0.3 is 0 Å². The van der Waals surface area contributed by atoms with Crippen LogP contribution in [-0.2, 0) is 15.3 Å². The lowest BCUT2D eigenvalue weighted by molar-refractivity contribution is -0.170. The van der Waals surface area contributed by atoms with Crippen LogP contribution in [0.4, 0.5) is 0 Å². The molecule has 3 nitrogen and oxygen atoms in total. The first kappa shape index (κ1) is 15.8. The van der Waals surface area contributed by atoms with Crippen molar-refractivity contribution in [3.05, 3.63) is 29.8 Å². The summed E-state index contributed by atoms with van der Waals surface area (Å²) in [6.45, 7) is 6.54.